The fraction of sp³-hybridized carbons (Fsp3) is 0.615. The van der Waals surface area contributed by atoms with Crippen LogP contribution in [0, 0.1) is 0 Å². The Bertz CT molecular complexity index is 738. The summed E-state index contributed by atoms with van der Waals surface area (Å²) < 4.78 is 5.56. The van der Waals surface area contributed by atoms with E-state index in [1.807, 2.05) is 0 Å². The Morgan fingerprint density at radius 1 is 1.38 bits per heavy atom. The van der Waals surface area contributed by atoms with Crippen LogP contribution in [0.15, 0.2) is 15.0 Å². The first-order valence-electron chi connectivity index (χ1n) is 7.61. The molecule has 1 fully saturated rings. The average Bonchev–Trinajstić information content (AvgIpc) is 3.06. The van der Waals surface area contributed by atoms with Gasteiger partial charge in [0.15, 0.2) is 11.6 Å². The summed E-state index contributed by atoms with van der Waals surface area (Å²) in [6.45, 7) is -1.01. The molecule has 26 heavy (non-hydrogen) atoms. The number of carbonyl (C=O) groups is 2. The molecule has 13 heteroatoms. The number of carbonyl (C=O) groups excluding carboxylic acids is 1. The largest absolute Gasteiger partial charge is 0.481 e. The number of nitrogens with zero attached hydrogens (tertiary/aromatic N) is 4. The van der Waals surface area contributed by atoms with Crippen LogP contribution >= 0.6 is 0 Å². The van der Waals surface area contributed by atoms with Crippen molar-refractivity contribution in [3.8, 4) is 0 Å². The van der Waals surface area contributed by atoms with Crippen LogP contribution in [0.2, 0.25) is 0 Å². The number of amides is 1. The van der Waals surface area contributed by atoms with E-state index in [0.717, 1.165) is 11.2 Å². The van der Waals surface area contributed by atoms with Crippen LogP contribution < -0.4 is 11.5 Å². The summed E-state index contributed by atoms with van der Waals surface area (Å²) in [6, 6.07) is 0. The van der Waals surface area contributed by atoms with E-state index in [1.165, 1.54) is 0 Å². The molecule has 3 aliphatic rings. The molecule has 142 valence electrons. The number of guanidine groups is 1. The molecule has 8 N–H and O–H groups in total. The van der Waals surface area contributed by atoms with E-state index >= 15 is 0 Å². The molecule has 0 aliphatic carbocycles. The Hall–Kier alpha value is -2.45. The normalized spacial score (nSPS) is 39.0. The summed E-state index contributed by atoms with van der Waals surface area (Å²) in [5.74, 6) is -2.96. The smallest absolute Gasteiger partial charge is 0.306 e. The number of aliphatic carboxylic acids is 1. The number of fused-ring (bicyclic) bond motifs is 1. The third-order valence-electron chi connectivity index (χ3n) is 4.59. The van der Waals surface area contributed by atoms with Gasteiger partial charge in [-0.3, -0.25) is 14.5 Å². The number of carboxylic acid groups (broad SMARTS) is 1. The quantitative estimate of drug-likeness (QED) is 0.273. The Morgan fingerprint density at radius 2 is 2.08 bits per heavy atom. The first-order chi connectivity index (χ1) is 12.2. The number of aliphatic hydroxyl groups is 3. The third kappa shape index (κ3) is 2.33. The molecule has 3 heterocycles. The van der Waals surface area contributed by atoms with Crippen LogP contribution in [0.5, 0.6) is 0 Å². The van der Waals surface area contributed by atoms with Gasteiger partial charge in [-0.15, -0.1) is 0 Å². The molecular formula is C13H18N6O7. The second-order valence-corrected chi connectivity index (χ2v) is 6.08. The van der Waals surface area contributed by atoms with E-state index in [1.54, 1.807) is 0 Å². The Labute approximate surface area is 146 Å². The van der Waals surface area contributed by atoms with E-state index in [2.05, 4.69) is 15.0 Å². The SMILES string of the molecule is NC[C@@]1(N2C=NC3(CC(=O)O)C(=O)N=C(N)N=C23)O[C@H](CO)[C@@H](O)[C@H]1O. The molecule has 1 amide bonds. The lowest BCUT2D eigenvalue weighted by Gasteiger charge is -2.41. The summed E-state index contributed by atoms with van der Waals surface area (Å²) in [5, 5.41) is 39.1. The lowest BCUT2D eigenvalue weighted by Crippen LogP contribution is -2.65. The molecule has 0 bridgehead atoms. The van der Waals surface area contributed by atoms with Crippen LogP contribution in [0.25, 0.3) is 0 Å². The van der Waals surface area contributed by atoms with Crippen LogP contribution in [0.1, 0.15) is 6.42 Å². The highest BCUT2D eigenvalue weighted by Gasteiger charge is 2.63. The van der Waals surface area contributed by atoms with Gasteiger partial charge in [0.1, 0.15) is 18.3 Å². The standard InChI is InChI=1S/C13H18N6O7/c14-3-13(8(24)7(23)5(2-20)26-13)19-4-16-12(1-6(21)22)9(19)17-11(15)18-10(12)25/h4-5,7-8,20,23-24H,1-3,14H2,(H,21,22)(H2,15,18,25)/t5-,7-,8-,12?,13-/m1/s1. The van der Waals surface area contributed by atoms with Crippen molar-refractivity contribution in [2.24, 2.45) is 26.4 Å². The maximum atomic E-state index is 12.4. The first kappa shape index (κ1) is 18.3. The number of hydrogen-bond acceptors (Lipinski definition) is 11. The second-order valence-electron chi connectivity index (χ2n) is 6.08. The van der Waals surface area contributed by atoms with Crippen molar-refractivity contribution in [1.82, 2.24) is 4.90 Å². The van der Waals surface area contributed by atoms with Crippen molar-refractivity contribution in [3.05, 3.63) is 0 Å². The summed E-state index contributed by atoms with van der Waals surface area (Å²) >= 11 is 0. The number of aliphatic imine (C=N–C) groups is 3. The Morgan fingerprint density at radius 3 is 2.62 bits per heavy atom. The summed E-state index contributed by atoms with van der Waals surface area (Å²) in [5.41, 5.74) is 7.45. The van der Waals surface area contributed by atoms with Gasteiger partial charge in [-0.1, -0.05) is 0 Å². The van der Waals surface area contributed by atoms with Gasteiger partial charge in [-0.2, -0.15) is 9.98 Å². The van der Waals surface area contributed by atoms with E-state index in [4.69, 9.17) is 16.2 Å². The highest BCUT2D eigenvalue weighted by Crippen LogP contribution is 2.39. The van der Waals surface area contributed by atoms with E-state index < -0.39 is 67.0 Å². The van der Waals surface area contributed by atoms with Crippen LogP contribution in [0.3, 0.4) is 0 Å². The maximum absolute atomic E-state index is 12.4. The monoisotopic (exact) mass is 370 g/mol. The van der Waals surface area contributed by atoms with Crippen molar-refractivity contribution in [2.45, 2.75) is 36.0 Å². The van der Waals surface area contributed by atoms with Gasteiger partial charge < -0.3 is 36.6 Å². The lowest BCUT2D eigenvalue weighted by molar-refractivity contribution is -0.141. The maximum Gasteiger partial charge on any atom is 0.306 e. The van der Waals surface area contributed by atoms with Crippen molar-refractivity contribution in [1.29, 1.82) is 0 Å². The highest BCUT2D eigenvalue weighted by atomic mass is 16.6. The molecule has 1 saturated heterocycles. The van der Waals surface area contributed by atoms with Crippen molar-refractivity contribution >= 4 is 30.0 Å². The number of rotatable bonds is 5. The minimum atomic E-state index is -1.98. The van der Waals surface area contributed by atoms with Gasteiger partial charge in [0, 0.05) is 6.54 Å². The zero-order chi connectivity index (χ0) is 19.3. The summed E-state index contributed by atoms with van der Waals surface area (Å²) in [6.07, 6.45) is -4.00. The molecule has 0 spiro atoms. The summed E-state index contributed by atoms with van der Waals surface area (Å²) in [7, 11) is 0. The number of hydrogen-bond donors (Lipinski definition) is 6. The number of aliphatic hydroxyl groups excluding tert-OH is 3. The van der Waals surface area contributed by atoms with Gasteiger partial charge >= 0.3 is 5.97 Å². The van der Waals surface area contributed by atoms with Crippen LogP contribution in [0.4, 0.5) is 0 Å². The molecule has 0 aromatic rings. The molecule has 3 aliphatic heterocycles. The molecule has 13 nitrogen and oxygen atoms in total. The topological polar surface area (TPSA) is 217 Å². The van der Waals surface area contributed by atoms with Gasteiger partial charge in [-0.25, -0.2) is 4.99 Å². The van der Waals surface area contributed by atoms with Gasteiger partial charge in [-0.05, 0) is 0 Å². The zero-order valence-electron chi connectivity index (χ0n) is 13.4. The van der Waals surface area contributed by atoms with E-state index in [-0.39, 0.29) is 5.84 Å². The fourth-order valence-electron chi connectivity index (χ4n) is 3.27. The molecule has 0 radical (unpaired) electrons. The summed E-state index contributed by atoms with van der Waals surface area (Å²) in [4.78, 5) is 36.1. The van der Waals surface area contributed by atoms with Crippen molar-refractivity contribution < 1.29 is 34.8 Å². The molecule has 0 aromatic carbocycles. The molecular weight excluding hydrogens is 352 g/mol. The predicted molar refractivity (Wildman–Crippen MR) is 85.1 cm³/mol. The fourth-order valence-corrected chi connectivity index (χ4v) is 3.27. The van der Waals surface area contributed by atoms with Crippen LogP contribution in [-0.2, 0) is 14.3 Å². The minimum absolute atomic E-state index is 0.243. The van der Waals surface area contributed by atoms with Crippen LogP contribution in [-0.4, -0.2) is 98.1 Å². The van der Waals surface area contributed by atoms with Crippen molar-refractivity contribution in [3.63, 3.8) is 0 Å². The van der Waals surface area contributed by atoms with Gasteiger partial charge in [0.05, 0.1) is 19.4 Å². The average molecular weight is 370 g/mol. The van der Waals surface area contributed by atoms with Gasteiger partial charge in [0.2, 0.25) is 11.5 Å². The zero-order valence-corrected chi connectivity index (χ0v) is 13.4. The van der Waals surface area contributed by atoms with E-state index in [0.29, 0.717) is 0 Å². The molecule has 3 rings (SSSR count). The molecule has 5 atom stereocenters. The van der Waals surface area contributed by atoms with Crippen molar-refractivity contribution in [2.75, 3.05) is 13.2 Å². The first-order valence-corrected chi connectivity index (χ1v) is 7.61. The van der Waals surface area contributed by atoms with Gasteiger partial charge in [0.25, 0.3) is 5.91 Å². The third-order valence-corrected chi connectivity index (χ3v) is 4.59. The Kier molecular flexibility index (Phi) is 4.28. The number of nitrogens with two attached hydrogens (primary N) is 2. The lowest BCUT2D eigenvalue weighted by atomic mass is 9.91. The molecule has 1 unspecified atom stereocenters. The number of ether oxygens (including phenoxy) is 1. The highest BCUT2D eigenvalue weighted by molar-refractivity contribution is 6.26. The molecule has 0 saturated carbocycles. The minimum Gasteiger partial charge on any atom is -0.481 e. The second kappa shape index (κ2) is 6.07. The molecule has 0 aromatic heterocycles. The Balaban J connectivity index is 2.09. The number of carboxylic acids is 1. The van der Waals surface area contributed by atoms with E-state index in [9.17, 15) is 30.0 Å². The predicted octanol–water partition coefficient (Wildman–Crippen LogP) is -4.43. The number of amidine groups is 1.